The van der Waals surface area contributed by atoms with Crippen molar-refractivity contribution in [3.8, 4) is 6.07 Å². The van der Waals surface area contributed by atoms with E-state index in [0.29, 0.717) is 17.9 Å². The first-order chi connectivity index (χ1) is 9.24. The average Bonchev–Trinajstić information content (AvgIpc) is 2.48. The second-order valence-electron chi connectivity index (χ2n) is 4.84. The highest BCUT2D eigenvalue weighted by molar-refractivity contribution is 5.69. The van der Waals surface area contributed by atoms with Crippen molar-refractivity contribution < 1.29 is 9.53 Å². The number of carbonyl (C=O) groups is 1. The summed E-state index contributed by atoms with van der Waals surface area (Å²) in [5, 5.41) is 9.11. The maximum Gasteiger partial charge on any atom is 0.305 e. The molecule has 0 spiro atoms. The summed E-state index contributed by atoms with van der Waals surface area (Å²) in [4.78, 5) is 13.5. The Hall–Kier alpha value is -2.02. The monoisotopic (exact) mass is 258 g/mol. The van der Waals surface area contributed by atoms with Crippen LogP contribution in [0.4, 0.5) is 5.69 Å². The van der Waals surface area contributed by atoms with E-state index < -0.39 is 0 Å². The van der Waals surface area contributed by atoms with Crippen LogP contribution in [0.5, 0.6) is 0 Å². The van der Waals surface area contributed by atoms with E-state index in [4.69, 9.17) is 10.00 Å². The van der Waals surface area contributed by atoms with Crippen molar-refractivity contribution in [3.63, 3.8) is 0 Å². The third kappa shape index (κ3) is 3.25. The molecular weight excluding hydrogens is 240 g/mol. The van der Waals surface area contributed by atoms with Gasteiger partial charge in [-0.05, 0) is 30.9 Å². The number of nitriles is 1. The van der Waals surface area contributed by atoms with Crippen LogP contribution < -0.4 is 4.90 Å². The van der Waals surface area contributed by atoms with E-state index in [1.165, 1.54) is 7.11 Å². The quantitative estimate of drug-likeness (QED) is 0.781. The molecule has 2 rings (SSSR count). The molecule has 0 atom stereocenters. The first-order valence-corrected chi connectivity index (χ1v) is 6.55. The summed E-state index contributed by atoms with van der Waals surface area (Å²) in [6, 6.07) is 9.89. The first-order valence-electron chi connectivity index (χ1n) is 6.55. The van der Waals surface area contributed by atoms with Gasteiger partial charge in [0.1, 0.15) is 6.07 Å². The molecule has 1 fully saturated rings. The third-order valence-electron chi connectivity index (χ3n) is 3.66. The van der Waals surface area contributed by atoms with E-state index in [9.17, 15) is 4.79 Å². The minimum atomic E-state index is -0.129. The highest BCUT2D eigenvalue weighted by Gasteiger charge is 2.23. The fourth-order valence-electron chi connectivity index (χ4n) is 2.54. The Morgan fingerprint density at radius 3 is 2.74 bits per heavy atom. The van der Waals surface area contributed by atoms with Gasteiger partial charge in [0.05, 0.1) is 18.4 Å². The van der Waals surface area contributed by atoms with E-state index >= 15 is 0 Å². The van der Waals surface area contributed by atoms with E-state index in [1.807, 2.05) is 24.3 Å². The predicted molar refractivity (Wildman–Crippen MR) is 72.7 cm³/mol. The standard InChI is InChI=1S/C15H18N2O2/c1-19-15(18)10-12-6-8-17(9-7-12)14-5-3-2-4-13(14)11-16/h2-5,12H,6-10H2,1H3. The summed E-state index contributed by atoms with van der Waals surface area (Å²) in [6.07, 6.45) is 2.44. The third-order valence-corrected chi connectivity index (χ3v) is 3.66. The Labute approximate surface area is 113 Å². The Balaban J connectivity index is 1.97. The molecular formula is C15H18N2O2. The normalized spacial score (nSPS) is 15.9. The number of anilines is 1. The molecule has 0 unspecified atom stereocenters. The number of hydrogen-bond donors (Lipinski definition) is 0. The predicted octanol–water partition coefficient (Wildman–Crippen LogP) is 2.34. The number of nitrogens with zero attached hydrogens (tertiary/aromatic N) is 2. The SMILES string of the molecule is COC(=O)CC1CCN(c2ccccc2C#N)CC1. The van der Waals surface area contributed by atoms with Gasteiger partial charge in [0.15, 0.2) is 0 Å². The van der Waals surface area contributed by atoms with Crippen LogP contribution in [-0.2, 0) is 9.53 Å². The summed E-state index contributed by atoms with van der Waals surface area (Å²) in [5.41, 5.74) is 1.72. The summed E-state index contributed by atoms with van der Waals surface area (Å²) in [5.74, 6) is 0.272. The summed E-state index contributed by atoms with van der Waals surface area (Å²) in [6.45, 7) is 1.78. The molecule has 4 nitrogen and oxygen atoms in total. The second kappa shape index (κ2) is 6.24. The van der Waals surface area contributed by atoms with Crippen LogP contribution in [-0.4, -0.2) is 26.2 Å². The molecule has 0 bridgehead atoms. The fourth-order valence-corrected chi connectivity index (χ4v) is 2.54. The molecule has 0 saturated carbocycles. The molecule has 1 saturated heterocycles. The zero-order chi connectivity index (χ0) is 13.7. The van der Waals surface area contributed by atoms with Crippen molar-refractivity contribution in [2.45, 2.75) is 19.3 Å². The van der Waals surface area contributed by atoms with Crippen LogP contribution in [0.1, 0.15) is 24.8 Å². The maximum absolute atomic E-state index is 11.3. The number of rotatable bonds is 3. The minimum absolute atomic E-state index is 0.129. The van der Waals surface area contributed by atoms with Crippen LogP contribution in [0.3, 0.4) is 0 Å². The molecule has 0 aromatic heterocycles. The molecule has 1 aromatic rings. The Bertz CT molecular complexity index is 485. The lowest BCUT2D eigenvalue weighted by atomic mass is 9.93. The Kier molecular flexibility index (Phi) is 4.40. The van der Waals surface area contributed by atoms with Gasteiger partial charge in [-0.1, -0.05) is 12.1 Å². The van der Waals surface area contributed by atoms with Gasteiger partial charge in [-0.2, -0.15) is 5.26 Å². The Morgan fingerprint density at radius 2 is 2.11 bits per heavy atom. The van der Waals surface area contributed by atoms with Crippen molar-refractivity contribution in [2.75, 3.05) is 25.1 Å². The van der Waals surface area contributed by atoms with Gasteiger partial charge in [-0.25, -0.2) is 0 Å². The van der Waals surface area contributed by atoms with Crippen molar-refractivity contribution in [3.05, 3.63) is 29.8 Å². The molecule has 0 N–H and O–H groups in total. The first kappa shape index (κ1) is 13.4. The van der Waals surface area contributed by atoms with E-state index in [-0.39, 0.29) is 5.97 Å². The largest absolute Gasteiger partial charge is 0.469 e. The number of benzene rings is 1. The van der Waals surface area contributed by atoms with Crippen LogP contribution >= 0.6 is 0 Å². The number of hydrogen-bond acceptors (Lipinski definition) is 4. The topological polar surface area (TPSA) is 53.3 Å². The van der Waals surface area contributed by atoms with Crippen LogP contribution in [0.15, 0.2) is 24.3 Å². The lowest BCUT2D eigenvalue weighted by Gasteiger charge is -2.33. The van der Waals surface area contributed by atoms with Gasteiger partial charge in [0, 0.05) is 19.5 Å². The Morgan fingerprint density at radius 1 is 1.42 bits per heavy atom. The van der Waals surface area contributed by atoms with E-state index in [1.54, 1.807) is 0 Å². The van der Waals surface area contributed by atoms with Gasteiger partial charge in [-0.3, -0.25) is 4.79 Å². The number of esters is 1. The van der Waals surface area contributed by atoms with Crippen LogP contribution in [0.2, 0.25) is 0 Å². The zero-order valence-electron chi connectivity index (χ0n) is 11.1. The molecule has 1 aliphatic heterocycles. The van der Waals surface area contributed by atoms with Crippen LogP contribution in [0.25, 0.3) is 0 Å². The van der Waals surface area contributed by atoms with Gasteiger partial charge in [-0.15, -0.1) is 0 Å². The van der Waals surface area contributed by atoms with Crippen molar-refractivity contribution in [1.29, 1.82) is 5.26 Å². The fraction of sp³-hybridized carbons (Fsp3) is 0.467. The van der Waals surface area contributed by atoms with Crippen molar-refractivity contribution in [2.24, 2.45) is 5.92 Å². The maximum atomic E-state index is 11.3. The molecule has 0 amide bonds. The molecule has 1 aromatic carbocycles. The highest BCUT2D eigenvalue weighted by atomic mass is 16.5. The van der Waals surface area contributed by atoms with E-state index in [0.717, 1.165) is 31.6 Å². The van der Waals surface area contributed by atoms with Gasteiger partial charge in [0.2, 0.25) is 0 Å². The minimum Gasteiger partial charge on any atom is -0.469 e. The molecule has 100 valence electrons. The summed E-state index contributed by atoms with van der Waals surface area (Å²) in [7, 11) is 1.43. The number of methoxy groups -OCH3 is 1. The number of ether oxygens (including phenoxy) is 1. The second-order valence-corrected chi connectivity index (χ2v) is 4.84. The molecule has 19 heavy (non-hydrogen) atoms. The highest BCUT2D eigenvalue weighted by Crippen LogP contribution is 2.27. The molecule has 0 aliphatic carbocycles. The van der Waals surface area contributed by atoms with Gasteiger partial charge >= 0.3 is 5.97 Å². The summed E-state index contributed by atoms with van der Waals surface area (Å²) < 4.78 is 4.71. The molecule has 1 heterocycles. The summed E-state index contributed by atoms with van der Waals surface area (Å²) >= 11 is 0. The molecule has 4 heteroatoms. The van der Waals surface area contributed by atoms with Crippen molar-refractivity contribution in [1.82, 2.24) is 0 Å². The molecule has 0 radical (unpaired) electrons. The molecule has 1 aliphatic rings. The zero-order valence-corrected chi connectivity index (χ0v) is 11.1. The smallest absolute Gasteiger partial charge is 0.305 e. The van der Waals surface area contributed by atoms with Crippen molar-refractivity contribution >= 4 is 11.7 Å². The number of piperidine rings is 1. The number of carbonyl (C=O) groups excluding carboxylic acids is 1. The average molecular weight is 258 g/mol. The van der Waals surface area contributed by atoms with Crippen LogP contribution in [0, 0.1) is 17.2 Å². The lowest BCUT2D eigenvalue weighted by Crippen LogP contribution is -2.34. The number of para-hydroxylation sites is 1. The lowest BCUT2D eigenvalue weighted by molar-refractivity contribution is -0.141. The van der Waals surface area contributed by atoms with Gasteiger partial charge < -0.3 is 9.64 Å². The van der Waals surface area contributed by atoms with Gasteiger partial charge in [0.25, 0.3) is 0 Å². The van der Waals surface area contributed by atoms with E-state index in [2.05, 4.69) is 11.0 Å².